The van der Waals surface area contributed by atoms with E-state index in [9.17, 15) is 53.7 Å². The summed E-state index contributed by atoms with van der Waals surface area (Å²) in [6.07, 6.45) is -1.33. The molecule has 1 unspecified atom stereocenters. The predicted molar refractivity (Wildman–Crippen MR) is 342 cm³/mol. The highest BCUT2D eigenvalue weighted by molar-refractivity contribution is 7.15. The molecule has 25 nitrogen and oxygen atoms in total. The highest BCUT2D eigenvalue weighted by Gasteiger charge is 2.39. The second-order valence-electron chi connectivity index (χ2n) is 21.8. The number of methoxy groups -OCH3 is 1. The summed E-state index contributed by atoms with van der Waals surface area (Å²) in [5.41, 5.74) is 2.55. The number of thiazole rings is 6. The molecule has 476 valence electrons. The first-order valence-electron chi connectivity index (χ1n) is 28.8. The number of carboxylic acids is 2. The molecule has 5 amide bonds. The zero-order chi connectivity index (χ0) is 64.6. The average Bonchev–Trinajstić information content (AvgIpc) is 1.76. The fourth-order valence-electron chi connectivity index (χ4n) is 10.0. The van der Waals surface area contributed by atoms with Gasteiger partial charge in [0, 0.05) is 71.4 Å². The van der Waals surface area contributed by atoms with Gasteiger partial charge >= 0.3 is 18.0 Å². The minimum atomic E-state index is -1.30. The molecular formula is C60H62N12O13S6. The molecule has 8 aromatic rings. The Labute approximate surface area is 544 Å². The summed E-state index contributed by atoms with van der Waals surface area (Å²) in [6.45, 7) is 5.23. The number of hydrogen-bond donors (Lipinski definition) is 7. The molecule has 0 spiro atoms. The molecule has 10 rings (SSSR count). The third-order valence-corrected chi connectivity index (χ3v) is 20.8. The Kier molecular flexibility index (Phi) is 21.3. The van der Waals surface area contributed by atoms with E-state index in [4.69, 9.17) is 44.4 Å². The summed E-state index contributed by atoms with van der Waals surface area (Å²) in [6, 6.07) is 10.1. The first kappa shape index (κ1) is 65.8. The molecule has 31 heteroatoms. The number of pyridine rings is 1. The lowest BCUT2D eigenvalue weighted by Gasteiger charge is -2.33. The van der Waals surface area contributed by atoms with E-state index in [1.165, 1.54) is 64.4 Å². The van der Waals surface area contributed by atoms with Crippen LogP contribution in [0.3, 0.4) is 0 Å². The maximum Gasteiger partial charge on any atom is 0.415 e. The van der Waals surface area contributed by atoms with Crippen LogP contribution < -0.4 is 26.2 Å². The number of amides is 5. The number of nitrogens with zero attached hydrogens (tertiary/aromatic N) is 8. The molecule has 10 bridgehead atoms. The summed E-state index contributed by atoms with van der Waals surface area (Å²) >= 11 is 7.13. The Morgan fingerprint density at radius 3 is 2.19 bits per heavy atom. The Bertz CT molecular complexity index is 4000. The minimum absolute atomic E-state index is 0.00257. The van der Waals surface area contributed by atoms with Crippen molar-refractivity contribution in [2.75, 3.05) is 32.1 Å². The smallest absolute Gasteiger partial charge is 0.415 e. The van der Waals surface area contributed by atoms with Crippen LogP contribution in [0.15, 0.2) is 64.0 Å². The predicted octanol–water partition coefficient (Wildman–Crippen LogP) is 9.65. The standard InChI is InChI=1S/C60H62N12O13S6/c1-28(2)34-20-40(73)46-29(3)90-57(70-46)36(21-43(74)61-4)64-51(79)38-25-86-53(66-38)33-15-16-35(55-68-42(27-89-55)72(17-11-7-10-14-45(76)77)60(83)85-32-18-31(19-32)59(81)82)63-47(33)37-24-87-56(65-37)39-26-88-58(67-39)49(50(78)30-12-8-6-9-13-30)69-44(75)22-62-52(80)48-41(23-84-5)91-54(34)71-48/h6,8-9,12-13,15-16,24-28,31-32,34,36,49-50,78H,7,10-11,14,17-23H2,1-5H3,(H,61,74)(H,62,80)(H,64,79)(H,69,75)(H,76,77)(H,81,82)/t31?,32?,34?,36-,49-,50-/m0/s1. The van der Waals surface area contributed by atoms with Crippen LogP contribution in [0, 0.1) is 18.8 Å². The first-order valence-corrected chi connectivity index (χ1v) is 34.0. The summed E-state index contributed by atoms with van der Waals surface area (Å²) in [7, 11) is 2.94. The van der Waals surface area contributed by atoms with E-state index in [0.717, 1.165) is 22.7 Å². The van der Waals surface area contributed by atoms with Crippen molar-refractivity contribution in [3.05, 3.63) is 111 Å². The second-order valence-corrected chi connectivity index (χ2v) is 27.6. The van der Waals surface area contributed by atoms with Crippen LogP contribution in [-0.2, 0) is 35.3 Å². The number of nitrogens with one attached hydrogen (secondary N) is 4. The van der Waals surface area contributed by atoms with E-state index < -0.39 is 84.3 Å². The maximum atomic E-state index is 14.4. The number of carboxylic acid groups (broad SMARTS) is 2. The number of ether oxygens (including phenoxy) is 2. The van der Waals surface area contributed by atoms with Crippen molar-refractivity contribution in [1.29, 1.82) is 0 Å². The van der Waals surface area contributed by atoms with Crippen LogP contribution in [0.5, 0.6) is 0 Å². The fourth-order valence-corrected chi connectivity index (χ4v) is 15.7. The number of ketones is 1. The SMILES string of the molecule is CNC(=O)C[C@@H]1NC(=O)c2csc(n2)-c2ccc(-c3nc(N(CCCCCC(=O)O)C(=O)OC4CC(C(=O)O)C4)cs3)nc2-c2csc(n2)-c2csc(n2)[C@H]([C@@H](O)c2ccccc2)NC(=O)CNC(=O)c2nc(sc2COC)C(C(C)C)CC(=O)c2nc1sc2C. The number of aliphatic hydroxyl groups is 1. The van der Waals surface area contributed by atoms with Crippen molar-refractivity contribution in [2.24, 2.45) is 11.8 Å². The number of aromatic nitrogens is 7. The Morgan fingerprint density at radius 2 is 1.45 bits per heavy atom. The maximum absolute atomic E-state index is 14.4. The van der Waals surface area contributed by atoms with Crippen molar-refractivity contribution in [3.8, 4) is 43.4 Å². The van der Waals surface area contributed by atoms with Gasteiger partial charge in [-0.3, -0.25) is 38.5 Å². The molecule has 91 heavy (non-hydrogen) atoms. The number of anilines is 1. The molecule has 8 heterocycles. The van der Waals surface area contributed by atoms with E-state index in [-0.39, 0.29) is 79.9 Å². The van der Waals surface area contributed by atoms with Crippen molar-refractivity contribution in [1.82, 2.24) is 56.2 Å². The van der Waals surface area contributed by atoms with E-state index in [2.05, 4.69) is 21.3 Å². The number of aryl methyl sites for hydroxylation is 1. The lowest BCUT2D eigenvalue weighted by atomic mass is 9.82. The number of hydrogen-bond acceptors (Lipinski definition) is 24. The quantitative estimate of drug-likeness (QED) is 0.0417. The van der Waals surface area contributed by atoms with Gasteiger partial charge in [-0.25, -0.2) is 39.7 Å². The summed E-state index contributed by atoms with van der Waals surface area (Å²) in [5.74, 6) is -5.62. The van der Waals surface area contributed by atoms with Gasteiger partial charge in [0.05, 0.1) is 47.1 Å². The minimum Gasteiger partial charge on any atom is -0.481 e. The van der Waals surface area contributed by atoms with Crippen molar-refractivity contribution < 1.29 is 63.1 Å². The number of aliphatic carboxylic acids is 2. The van der Waals surface area contributed by atoms with Gasteiger partial charge in [-0.2, -0.15) is 0 Å². The highest BCUT2D eigenvalue weighted by atomic mass is 32.1. The molecular weight excluding hydrogens is 1290 g/mol. The van der Waals surface area contributed by atoms with Gasteiger partial charge in [0.15, 0.2) is 5.78 Å². The summed E-state index contributed by atoms with van der Waals surface area (Å²) in [5, 5.41) is 50.8. The van der Waals surface area contributed by atoms with E-state index >= 15 is 0 Å². The first-order chi connectivity index (χ1) is 43.7. The molecule has 0 radical (unpaired) electrons. The lowest BCUT2D eigenvalue weighted by molar-refractivity contribution is -0.148. The molecule has 4 atom stereocenters. The molecule has 1 aromatic carbocycles. The highest BCUT2D eigenvalue weighted by Crippen LogP contribution is 2.41. The van der Waals surface area contributed by atoms with E-state index in [1.807, 2.05) is 13.8 Å². The number of carbonyl (C=O) groups excluding carboxylic acids is 6. The van der Waals surface area contributed by atoms with Gasteiger partial charge in [-0.1, -0.05) is 50.6 Å². The molecule has 1 saturated carbocycles. The number of rotatable bonds is 17. The Balaban J connectivity index is 1.03. The fraction of sp³-hybridized carbons (Fsp3) is 0.383. The Morgan fingerprint density at radius 1 is 0.736 bits per heavy atom. The van der Waals surface area contributed by atoms with Gasteiger partial charge in [0.1, 0.15) is 83.3 Å². The number of fused-ring (bicyclic) bond motifs is 14. The largest absolute Gasteiger partial charge is 0.481 e. The number of Topliss-reactive ketones (excluding diaryl/α,β-unsaturated/α-hetero) is 1. The molecule has 0 saturated heterocycles. The normalized spacial score (nSPS) is 18.3. The zero-order valence-electron chi connectivity index (χ0n) is 49.6. The lowest BCUT2D eigenvalue weighted by Crippen LogP contribution is -2.42. The van der Waals surface area contributed by atoms with Crippen LogP contribution in [0.25, 0.3) is 43.4 Å². The molecule has 1 aliphatic heterocycles. The zero-order valence-corrected chi connectivity index (χ0v) is 54.5. The Hall–Kier alpha value is -8.17. The van der Waals surface area contributed by atoms with Crippen LogP contribution in [-0.4, -0.2) is 131 Å². The average molecular weight is 1350 g/mol. The van der Waals surface area contributed by atoms with Crippen LogP contribution in [0.2, 0.25) is 0 Å². The van der Waals surface area contributed by atoms with Gasteiger partial charge in [-0.05, 0) is 56.2 Å². The third kappa shape index (κ3) is 15.6. The number of carbonyl (C=O) groups is 8. The number of benzene rings is 1. The van der Waals surface area contributed by atoms with Gasteiger partial charge in [-0.15, -0.1) is 68.0 Å². The monoisotopic (exact) mass is 1350 g/mol. The van der Waals surface area contributed by atoms with E-state index in [0.29, 0.717) is 93.0 Å². The van der Waals surface area contributed by atoms with Crippen LogP contribution >= 0.6 is 68.0 Å². The van der Waals surface area contributed by atoms with Gasteiger partial charge in [0.2, 0.25) is 11.8 Å². The molecule has 1 fully saturated rings. The topological polar surface area (TPSA) is 357 Å². The molecule has 7 aromatic heterocycles. The van der Waals surface area contributed by atoms with Crippen LogP contribution in [0.4, 0.5) is 10.6 Å². The summed E-state index contributed by atoms with van der Waals surface area (Å²) < 4.78 is 11.2. The number of unbranched alkanes of at least 4 members (excludes halogenated alkanes) is 2. The van der Waals surface area contributed by atoms with Crippen molar-refractivity contribution in [2.45, 2.75) is 109 Å². The molecule has 1 aliphatic carbocycles. The van der Waals surface area contributed by atoms with Crippen molar-refractivity contribution in [3.63, 3.8) is 0 Å². The number of aliphatic hydroxyl groups excluding tert-OH is 1. The van der Waals surface area contributed by atoms with Crippen LogP contribution in [0.1, 0.15) is 151 Å². The molecule has 2 aliphatic rings. The second kappa shape index (κ2) is 29.4. The molecule has 7 N–H and O–H groups in total. The van der Waals surface area contributed by atoms with Gasteiger partial charge < -0.3 is 46.1 Å². The van der Waals surface area contributed by atoms with E-state index in [1.54, 1.807) is 70.9 Å². The van der Waals surface area contributed by atoms with Crippen molar-refractivity contribution >= 4 is 121 Å². The van der Waals surface area contributed by atoms with Gasteiger partial charge in [0.25, 0.3) is 11.8 Å². The summed E-state index contributed by atoms with van der Waals surface area (Å²) in [4.78, 5) is 143. The third-order valence-electron chi connectivity index (χ3n) is 15.1.